The average molecular weight is 237 g/mol. The minimum atomic E-state index is -0.672. The molecule has 11 heavy (non-hydrogen) atoms. The van der Waals surface area contributed by atoms with Crippen molar-refractivity contribution in [3.63, 3.8) is 0 Å². The van der Waals surface area contributed by atoms with Gasteiger partial charge in [0.1, 0.15) is 0 Å². The normalized spacial score (nSPS) is 20.2. The van der Waals surface area contributed by atoms with Crippen LogP contribution < -0.4 is 0 Å². The van der Waals surface area contributed by atoms with Crippen LogP contribution in [0.3, 0.4) is 0 Å². The number of rotatable bonds is 1. The minimum absolute atomic E-state index is 0.672. The zero-order chi connectivity index (χ0) is 8.10. The summed E-state index contributed by atoms with van der Waals surface area (Å²) in [5.74, 6) is 0. The summed E-state index contributed by atoms with van der Waals surface area (Å²) < 4.78 is 1.22. The van der Waals surface area contributed by atoms with Crippen LogP contribution in [0, 0.1) is 0 Å². The molecule has 0 aromatic rings. The van der Waals surface area contributed by atoms with Crippen molar-refractivity contribution >= 4 is 20.4 Å². The number of hydrogen-bond donors (Lipinski definition) is 0. The van der Waals surface area contributed by atoms with Crippen molar-refractivity contribution in [2.45, 2.75) is 25.7 Å². The second-order valence-electron chi connectivity index (χ2n) is 2.36. The molecule has 0 unspecified atom stereocenters. The van der Waals surface area contributed by atoms with E-state index in [0.717, 1.165) is 25.7 Å². The van der Waals surface area contributed by atoms with Gasteiger partial charge in [0.25, 0.3) is 0 Å². The van der Waals surface area contributed by atoms with Crippen LogP contribution in [0.5, 0.6) is 0 Å². The number of hydrogen-bond acceptors (Lipinski definition) is 0. The monoisotopic (exact) mass is 235 g/mol. The SMILES string of the molecule is [Cl][Ni]([Cl])[C]1=CCCC=CCC1. The van der Waals surface area contributed by atoms with Crippen molar-refractivity contribution in [2.75, 3.05) is 0 Å². The van der Waals surface area contributed by atoms with E-state index in [2.05, 4.69) is 18.2 Å². The van der Waals surface area contributed by atoms with Gasteiger partial charge < -0.3 is 0 Å². The Morgan fingerprint density at radius 3 is 2.55 bits per heavy atom. The molecule has 0 saturated carbocycles. The van der Waals surface area contributed by atoms with E-state index in [1.807, 2.05) is 0 Å². The molecule has 1 rings (SSSR count). The Bertz CT molecular complexity index is 173. The van der Waals surface area contributed by atoms with Crippen molar-refractivity contribution in [3.05, 3.63) is 22.8 Å². The van der Waals surface area contributed by atoms with Crippen molar-refractivity contribution in [1.29, 1.82) is 0 Å². The first-order chi connectivity index (χ1) is 5.30. The summed E-state index contributed by atoms with van der Waals surface area (Å²) in [7, 11) is 11.6. The van der Waals surface area contributed by atoms with Crippen LogP contribution in [0.4, 0.5) is 0 Å². The standard InChI is InChI=1S/C8H11.2ClH.Ni/c1-2-4-6-8-7-5-3-1;;;/h1-2,7H,3-6H2;2*1H;/q;;;+2/p-2. The molecule has 3 heteroatoms. The molecule has 0 spiro atoms. The van der Waals surface area contributed by atoms with E-state index in [1.165, 1.54) is 4.54 Å². The Balaban J connectivity index is 2.50. The zero-order valence-corrected chi connectivity index (χ0v) is 8.63. The molecule has 0 aliphatic heterocycles. The van der Waals surface area contributed by atoms with E-state index in [-0.39, 0.29) is 0 Å². The molecule has 0 nitrogen and oxygen atoms in total. The predicted molar refractivity (Wildman–Crippen MR) is 47.4 cm³/mol. The van der Waals surface area contributed by atoms with Gasteiger partial charge in [0.15, 0.2) is 0 Å². The van der Waals surface area contributed by atoms with E-state index >= 15 is 0 Å². The third-order valence-corrected chi connectivity index (χ3v) is 3.74. The molecule has 0 atom stereocenters. The molecule has 0 heterocycles. The maximum atomic E-state index is 5.80. The van der Waals surface area contributed by atoms with Crippen LogP contribution in [0.2, 0.25) is 0 Å². The van der Waals surface area contributed by atoms with E-state index in [0.29, 0.717) is 0 Å². The predicted octanol–water partition coefficient (Wildman–Crippen LogP) is 3.93. The molecule has 1 aliphatic rings. The fourth-order valence-corrected chi connectivity index (χ4v) is 2.51. The Labute approximate surface area is 80.4 Å². The van der Waals surface area contributed by atoms with Gasteiger partial charge in [0.05, 0.1) is 0 Å². The second-order valence-corrected chi connectivity index (χ2v) is 5.99. The summed E-state index contributed by atoms with van der Waals surface area (Å²) in [4.78, 5) is 0. The zero-order valence-electron chi connectivity index (χ0n) is 6.13. The van der Waals surface area contributed by atoms with Gasteiger partial charge in [-0.1, -0.05) is 0 Å². The molecule has 0 aromatic carbocycles. The topological polar surface area (TPSA) is 0 Å². The summed E-state index contributed by atoms with van der Waals surface area (Å²) >= 11 is -0.672. The first kappa shape index (κ1) is 9.64. The Kier molecular flexibility index (Phi) is 4.60. The van der Waals surface area contributed by atoms with Crippen LogP contribution in [0.25, 0.3) is 0 Å². The molecule has 67 valence electrons. The summed E-state index contributed by atoms with van der Waals surface area (Å²) in [6.45, 7) is 0. The van der Waals surface area contributed by atoms with E-state index in [9.17, 15) is 0 Å². The quantitative estimate of drug-likeness (QED) is 0.478. The van der Waals surface area contributed by atoms with Gasteiger partial charge in [-0.3, -0.25) is 0 Å². The maximum absolute atomic E-state index is 5.80. The molecule has 0 amide bonds. The van der Waals surface area contributed by atoms with Crippen molar-refractivity contribution in [1.82, 2.24) is 0 Å². The van der Waals surface area contributed by atoms with Crippen molar-refractivity contribution < 1.29 is 11.6 Å². The Hall–Kier alpha value is 0.554. The van der Waals surface area contributed by atoms with Gasteiger partial charge in [-0.25, -0.2) is 0 Å². The summed E-state index contributed by atoms with van der Waals surface area (Å²) in [6, 6.07) is 0. The molecule has 0 aromatic heterocycles. The molecule has 0 radical (unpaired) electrons. The molecule has 0 bridgehead atoms. The Morgan fingerprint density at radius 1 is 1.09 bits per heavy atom. The number of allylic oxidation sites excluding steroid dienone is 4. The number of halogens is 2. The van der Waals surface area contributed by atoms with Gasteiger partial charge in [-0.15, -0.1) is 0 Å². The molecule has 0 fully saturated rings. The fraction of sp³-hybridized carbons (Fsp3) is 0.500. The van der Waals surface area contributed by atoms with Crippen LogP contribution in [-0.2, 0) is 11.6 Å². The van der Waals surface area contributed by atoms with Crippen LogP contribution >= 0.6 is 20.4 Å². The third-order valence-electron chi connectivity index (χ3n) is 1.54. The van der Waals surface area contributed by atoms with E-state index in [4.69, 9.17) is 20.4 Å². The van der Waals surface area contributed by atoms with Crippen molar-refractivity contribution in [2.24, 2.45) is 0 Å². The third kappa shape index (κ3) is 3.65. The summed E-state index contributed by atoms with van der Waals surface area (Å²) in [6.07, 6.45) is 10.9. The van der Waals surface area contributed by atoms with E-state index < -0.39 is 11.6 Å². The summed E-state index contributed by atoms with van der Waals surface area (Å²) in [5.41, 5.74) is 0. The van der Waals surface area contributed by atoms with Gasteiger partial charge in [0.2, 0.25) is 0 Å². The van der Waals surface area contributed by atoms with Crippen LogP contribution in [-0.4, -0.2) is 0 Å². The first-order valence-corrected chi connectivity index (χ1v) is 6.81. The van der Waals surface area contributed by atoms with Gasteiger partial charge >= 0.3 is 80.5 Å². The average Bonchev–Trinajstić information content (AvgIpc) is 1.84. The molecular formula is C8H11Cl2Ni. The van der Waals surface area contributed by atoms with Crippen molar-refractivity contribution in [3.8, 4) is 0 Å². The van der Waals surface area contributed by atoms with Crippen LogP contribution in [0.1, 0.15) is 25.7 Å². The molecule has 0 N–H and O–H groups in total. The van der Waals surface area contributed by atoms with Gasteiger partial charge in [-0.05, 0) is 0 Å². The van der Waals surface area contributed by atoms with Crippen LogP contribution in [0.15, 0.2) is 22.8 Å². The van der Waals surface area contributed by atoms with Gasteiger partial charge in [-0.2, -0.15) is 0 Å². The molecule has 1 aliphatic carbocycles. The Morgan fingerprint density at radius 2 is 1.82 bits per heavy atom. The summed E-state index contributed by atoms with van der Waals surface area (Å²) in [5, 5.41) is 0. The second kappa shape index (κ2) is 5.24. The molecular weight excluding hydrogens is 226 g/mol. The van der Waals surface area contributed by atoms with E-state index in [1.54, 1.807) is 0 Å². The fourth-order valence-electron chi connectivity index (χ4n) is 0.986. The van der Waals surface area contributed by atoms with Gasteiger partial charge in [0, 0.05) is 0 Å². The molecule has 0 saturated heterocycles. The first-order valence-electron chi connectivity index (χ1n) is 3.60.